The van der Waals surface area contributed by atoms with Gasteiger partial charge in [0.25, 0.3) is 11.6 Å². The number of carbonyl (C=O) groups is 2. The molecule has 3 rings (SSSR count). The second kappa shape index (κ2) is 6.95. The first-order valence-electron chi connectivity index (χ1n) is 8.17. The normalized spacial score (nSPS) is 17.1. The number of benzene rings is 1. The number of nitro groups is 1. The zero-order valence-corrected chi connectivity index (χ0v) is 14.2. The Kier molecular flexibility index (Phi) is 4.70. The molecule has 1 saturated heterocycles. The Hall–Kier alpha value is -3.23. The summed E-state index contributed by atoms with van der Waals surface area (Å²) in [7, 11) is 1.68. The van der Waals surface area contributed by atoms with Gasteiger partial charge in [-0.3, -0.25) is 24.4 Å². The quantitative estimate of drug-likeness (QED) is 0.659. The van der Waals surface area contributed by atoms with E-state index in [1.807, 2.05) is 0 Å². The SMILES string of the molecule is Cn1cc(C(=O)N2CCC[C@H](C(=O)O)C2)c(-c2ccc([N+](=O)[O-])cc2)n1. The maximum absolute atomic E-state index is 12.9. The Labute approximate surface area is 149 Å². The molecule has 1 aromatic carbocycles. The van der Waals surface area contributed by atoms with Gasteiger partial charge in [-0.1, -0.05) is 0 Å². The van der Waals surface area contributed by atoms with Gasteiger partial charge in [-0.05, 0) is 25.0 Å². The summed E-state index contributed by atoms with van der Waals surface area (Å²) in [6.45, 7) is 0.667. The van der Waals surface area contributed by atoms with E-state index in [4.69, 9.17) is 0 Å². The van der Waals surface area contributed by atoms with Gasteiger partial charge in [-0.2, -0.15) is 5.10 Å². The first kappa shape index (κ1) is 17.6. The Morgan fingerprint density at radius 3 is 2.62 bits per heavy atom. The van der Waals surface area contributed by atoms with E-state index in [0.717, 1.165) is 0 Å². The second-order valence-corrected chi connectivity index (χ2v) is 6.30. The van der Waals surface area contributed by atoms with Crippen LogP contribution in [0.1, 0.15) is 23.2 Å². The number of aliphatic carboxylic acids is 1. The number of non-ortho nitro benzene ring substituents is 1. The molecule has 2 aromatic rings. The van der Waals surface area contributed by atoms with Gasteiger partial charge in [0.05, 0.1) is 16.4 Å². The lowest BCUT2D eigenvalue weighted by molar-refractivity contribution is -0.384. The number of amides is 1. The van der Waals surface area contributed by atoms with Crippen LogP contribution in [0.25, 0.3) is 11.3 Å². The summed E-state index contributed by atoms with van der Waals surface area (Å²) in [4.78, 5) is 36.0. The molecule has 0 saturated carbocycles. The molecule has 26 heavy (non-hydrogen) atoms. The maximum Gasteiger partial charge on any atom is 0.308 e. The van der Waals surface area contributed by atoms with Crippen LogP contribution in [0, 0.1) is 16.0 Å². The number of carboxylic acids is 1. The third kappa shape index (κ3) is 3.41. The molecule has 0 unspecified atom stereocenters. The summed E-state index contributed by atoms with van der Waals surface area (Å²) in [6, 6.07) is 5.82. The van der Waals surface area contributed by atoms with E-state index < -0.39 is 16.8 Å². The number of hydrogen-bond donors (Lipinski definition) is 1. The van der Waals surface area contributed by atoms with Crippen molar-refractivity contribution >= 4 is 17.6 Å². The molecule has 1 N–H and O–H groups in total. The predicted octanol–water partition coefficient (Wildman–Crippen LogP) is 1.93. The first-order chi connectivity index (χ1) is 12.4. The van der Waals surface area contributed by atoms with Crippen molar-refractivity contribution in [2.75, 3.05) is 13.1 Å². The highest BCUT2D eigenvalue weighted by Crippen LogP contribution is 2.27. The molecule has 1 atom stereocenters. The van der Waals surface area contributed by atoms with Crippen molar-refractivity contribution in [1.82, 2.24) is 14.7 Å². The highest BCUT2D eigenvalue weighted by atomic mass is 16.6. The number of piperidine rings is 1. The zero-order valence-electron chi connectivity index (χ0n) is 14.2. The molecule has 9 heteroatoms. The van der Waals surface area contributed by atoms with Crippen LogP contribution in [-0.2, 0) is 11.8 Å². The molecule has 0 spiro atoms. The number of carboxylic acid groups (broad SMARTS) is 1. The van der Waals surface area contributed by atoms with Crippen LogP contribution in [0.15, 0.2) is 30.5 Å². The first-order valence-corrected chi connectivity index (χ1v) is 8.17. The van der Waals surface area contributed by atoms with Crippen molar-refractivity contribution in [3.8, 4) is 11.3 Å². The van der Waals surface area contributed by atoms with E-state index in [2.05, 4.69) is 5.10 Å². The molecule has 0 radical (unpaired) electrons. The topological polar surface area (TPSA) is 119 Å². The van der Waals surface area contributed by atoms with Crippen LogP contribution in [0.2, 0.25) is 0 Å². The van der Waals surface area contributed by atoms with E-state index in [1.165, 1.54) is 21.7 Å². The van der Waals surface area contributed by atoms with Gasteiger partial charge in [-0.15, -0.1) is 0 Å². The Morgan fingerprint density at radius 2 is 2.00 bits per heavy atom. The number of hydrogen-bond acceptors (Lipinski definition) is 5. The summed E-state index contributed by atoms with van der Waals surface area (Å²) in [6.07, 6.45) is 2.78. The van der Waals surface area contributed by atoms with Crippen molar-refractivity contribution in [2.45, 2.75) is 12.8 Å². The number of nitrogens with zero attached hydrogens (tertiary/aromatic N) is 4. The number of aryl methyl sites for hydroxylation is 1. The Bertz CT molecular complexity index is 859. The van der Waals surface area contributed by atoms with Gasteiger partial charge < -0.3 is 10.0 Å². The molecular weight excluding hydrogens is 340 g/mol. The lowest BCUT2D eigenvalue weighted by Gasteiger charge is -2.30. The number of aromatic nitrogens is 2. The van der Waals surface area contributed by atoms with E-state index in [0.29, 0.717) is 36.2 Å². The molecule has 2 heterocycles. The highest BCUT2D eigenvalue weighted by molar-refractivity contribution is 6.00. The monoisotopic (exact) mass is 358 g/mol. The summed E-state index contributed by atoms with van der Waals surface area (Å²) in [5.41, 5.74) is 1.32. The van der Waals surface area contributed by atoms with Crippen molar-refractivity contribution in [1.29, 1.82) is 0 Å². The smallest absolute Gasteiger partial charge is 0.308 e. The minimum atomic E-state index is -0.899. The highest BCUT2D eigenvalue weighted by Gasteiger charge is 2.30. The fraction of sp³-hybridized carbons (Fsp3) is 0.353. The van der Waals surface area contributed by atoms with E-state index in [9.17, 15) is 24.8 Å². The van der Waals surface area contributed by atoms with Crippen LogP contribution in [0.5, 0.6) is 0 Å². The lowest BCUT2D eigenvalue weighted by atomic mass is 9.97. The maximum atomic E-state index is 12.9. The minimum absolute atomic E-state index is 0.0436. The molecule has 0 aliphatic carbocycles. The number of likely N-dealkylation sites (tertiary alicyclic amines) is 1. The van der Waals surface area contributed by atoms with Crippen LogP contribution in [0.3, 0.4) is 0 Å². The third-order valence-corrected chi connectivity index (χ3v) is 4.47. The summed E-state index contributed by atoms with van der Waals surface area (Å²) >= 11 is 0. The molecule has 136 valence electrons. The molecule has 1 aromatic heterocycles. The average molecular weight is 358 g/mol. The van der Waals surface area contributed by atoms with Gasteiger partial charge in [0, 0.05) is 44.0 Å². The largest absolute Gasteiger partial charge is 0.481 e. The van der Waals surface area contributed by atoms with E-state index in [-0.39, 0.29) is 18.1 Å². The van der Waals surface area contributed by atoms with Gasteiger partial charge >= 0.3 is 5.97 Å². The minimum Gasteiger partial charge on any atom is -0.481 e. The molecule has 1 amide bonds. The summed E-state index contributed by atoms with van der Waals surface area (Å²) in [5, 5.41) is 24.3. The van der Waals surface area contributed by atoms with Crippen LogP contribution in [0.4, 0.5) is 5.69 Å². The van der Waals surface area contributed by atoms with Crippen molar-refractivity contribution in [2.24, 2.45) is 13.0 Å². The van der Waals surface area contributed by atoms with Gasteiger partial charge in [0.1, 0.15) is 5.69 Å². The number of rotatable bonds is 4. The van der Waals surface area contributed by atoms with Crippen molar-refractivity contribution in [3.05, 3.63) is 46.1 Å². The van der Waals surface area contributed by atoms with E-state index in [1.54, 1.807) is 25.4 Å². The summed E-state index contributed by atoms with van der Waals surface area (Å²) < 4.78 is 1.50. The Morgan fingerprint density at radius 1 is 1.31 bits per heavy atom. The zero-order chi connectivity index (χ0) is 18.8. The van der Waals surface area contributed by atoms with Gasteiger partial charge in [0.2, 0.25) is 0 Å². The fourth-order valence-corrected chi connectivity index (χ4v) is 3.13. The van der Waals surface area contributed by atoms with E-state index >= 15 is 0 Å². The average Bonchev–Trinajstić information content (AvgIpc) is 3.03. The number of nitro benzene ring substituents is 1. The predicted molar refractivity (Wildman–Crippen MR) is 91.6 cm³/mol. The fourth-order valence-electron chi connectivity index (χ4n) is 3.13. The van der Waals surface area contributed by atoms with Gasteiger partial charge in [-0.25, -0.2) is 0 Å². The molecule has 0 bridgehead atoms. The molecule has 1 aliphatic heterocycles. The number of carbonyl (C=O) groups excluding carboxylic acids is 1. The van der Waals surface area contributed by atoms with Crippen molar-refractivity contribution < 1.29 is 19.6 Å². The molecule has 9 nitrogen and oxygen atoms in total. The summed E-state index contributed by atoms with van der Waals surface area (Å²) in [5.74, 6) is -1.74. The second-order valence-electron chi connectivity index (χ2n) is 6.30. The Balaban J connectivity index is 1.90. The third-order valence-electron chi connectivity index (χ3n) is 4.47. The van der Waals surface area contributed by atoms with Gasteiger partial charge in [0.15, 0.2) is 0 Å². The van der Waals surface area contributed by atoms with Crippen LogP contribution >= 0.6 is 0 Å². The van der Waals surface area contributed by atoms with Crippen molar-refractivity contribution in [3.63, 3.8) is 0 Å². The molecule has 1 aliphatic rings. The lowest BCUT2D eigenvalue weighted by Crippen LogP contribution is -2.42. The van der Waals surface area contributed by atoms with Crippen LogP contribution < -0.4 is 0 Å². The van der Waals surface area contributed by atoms with Crippen LogP contribution in [-0.4, -0.2) is 49.7 Å². The molecular formula is C17H18N4O5. The standard InChI is InChI=1S/C17H18N4O5/c1-19-10-14(16(22)20-8-2-3-12(9-20)17(23)24)15(18-19)11-4-6-13(7-5-11)21(25)26/h4-7,10,12H,2-3,8-9H2,1H3,(H,23,24)/t12-/m0/s1. The molecule has 1 fully saturated rings.